The smallest absolute Gasteiger partial charge is 1.00 e. The van der Waals surface area contributed by atoms with Gasteiger partial charge in [-0.05, 0) is 0 Å². The fourth-order valence-electron chi connectivity index (χ4n) is 0. The second-order valence-corrected chi connectivity index (χ2v) is 2.91. The molecule has 0 unspecified atom stereocenters. The second kappa shape index (κ2) is 12.0. The molecule has 0 heterocycles. The Labute approximate surface area is 182 Å². The molecule has 38 valence electrons. The van der Waals surface area contributed by atoms with Gasteiger partial charge in [0.15, 0.2) is 0 Å². The van der Waals surface area contributed by atoms with Crippen LogP contribution in [-0.4, -0.2) is 23.2 Å². The van der Waals surface area contributed by atoms with Crippen LogP contribution in [0.3, 0.4) is 0 Å². The molecule has 0 rings (SSSR count). The monoisotopic (exact) mass is 214 g/mol. The van der Waals surface area contributed by atoms with Crippen molar-refractivity contribution in [2.45, 2.75) is 6.55 Å². The molecule has 0 fully saturated rings. The van der Waals surface area contributed by atoms with Crippen LogP contribution in [0.5, 0.6) is 0 Å². The molecule has 8 heavy (non-hydrogen) atoms. The standard InChI is InChI=1S/CH6O3Si.3K.3H/c1-5(2,3)4;;;;;;/h2-4H,1H3;;;;;;/q;3*+1;3*-1. The summed E-state index contributed by atoms with van der Waals surface area (Å²) in [6, 6.07) is 0. The second-order valence-electron chi connectivity index (χ2n) is 0.971. The molecule has 7 heteroatoms. The van der Waals surface area contributed by atoms with Gasteiger partial charge >= 0.3 is 163 Å². The molecule has 0 saturated carbocycles. The van der Waals surface area contributed by atoms with E-state index in [-0.39, 0.29) is 158 Å². The van der Waals surface area contributed by atoms with Crippen molar-refractivity contribution in [2.24, 2.45) is 0 Å². The van der Waals surface area contributed by atoms with Crippen LogP contribution < -0.4 is 154 Å². The summed E-state index contributed by atoms with van der Waals surface area (Å²) in [5, 5.41) is 0. The molecule has 0 aliphatic carbocycles. The Hall–Kier alpha value is 5.01. The van der Waals surface area contributed by atoms with Gasteiger partial charge in [-0.3, -0.25) is 0 Å². The van der Waals surface area contributed by atoms with Gasteiger partial charge in [-0.25, -0.2) is 0 Å². The Bertz CT molecular complexity index is 39.3. The third-order valence-electron chi connectivity index (χ3n) is 0. The van der Waals surface area contributed by atoms with Crippen LogP contribution in [0.4, 0.5) is 0 Å². The quantitative estimate of drug-likeness (QED) is 0.351. The number of hydrogen-bond donors (Lipinski definition) is 3. The molecule has 0 aliphatic heterocycles. The van der Waals surface area contributed by atoms with E-state index in [2.05, 4.69) is 0 Å². The van der Waals surface area contributed by atoms with Crippen molar-refractivity contribution in [3.63, 3.8) is 0 Å². The van der Waals surface area contributed by atoms with Gasteiger partial charge in [-0.2, -0.15) is 0 Å². The fraction of sp³-hybridized carbons (Fsp3) is 1.00. The molecule has 0 aliphatic rings. The van der Waals surface area contributed by atoms with Crippen LogP contribution in [0.25, 0.3) is 0 Å². The van der Waals surface area contributed by atoms with Gasteiger partial charge < -0.3 is 18.7 Å². The van der Waals surface area contributed by atoms with E-state index in [1.807, 2.05) is 0 Å². The van der Waals surface area contributed by atoms with Crippen molar-refractivity contribution in [1.82, 2.24) is 0 Å². The van der Waals surface area contributed by atoms with Gasteiger partial charge in [0.1, 0.15) is 0 Å². The van der Waals surface area contributed by atoms with Crippen molar-refractivity contribution in [2.75, 3.05) is 0 Å². The van der Waals surface area contributed by atoms with E-state index in [4.69, 9.17) is 14.4 Å². The summed E-state index contributed by atoms with van der Waals surface area (Å²) in [4.78, 5) is 23.3. The maximum atomic E-state index is 7.77. The topological polar surface area (TPSA) is 60.7 Å². The molecule has 0 aromatic heterocycles. The van der Waals surface area contributed by atoms with Crippen LogP contribution in [0.15, 0.2) is 0 Å². The van der Waals surface area contributed by atoms with Gasteiger partial charge in [0.25, 0.3) is 0 Å². The third kappa shape index (κ3) is 44.0. The maximum Gasteiger partial charge on any atom is 1.00 e. The molecule has 3 nitrogen and oxygen atoms in total. The summed E-state index contributed by atoms with van der Waals surface area (Å²) in [5.41, 5.74) is 0. The van der Waals surface area contributed by atoms with Gasteiger partial charge in [-0.15, -0.1) is 0 Å². The largest absolute Gasteiger partial charge is 1.00 e. The van der Waals surface area contributed by atoms with E-state index in [0.717, 1.165) is 6.55 Å². The predicted molar refractivity (Wildman–Crippen MR) is 21.6 cm³/mol. The fourth-order valence-corrected chi connectivity index (χ4v) is 0. The molecule has 0 aromatic rings. The van der Waals surface area contributed by atoms with Crippen LogP contribution in [-0.2, 0) is 0 Å². The normalized spacial score (nSPS) is 7.50. The molecule has 0 spiro atoms. The Morgan fingerprint density at radius 3 is 1.00 bits per heavy atom. The Balaban J connectivity index is -0.00000000533. The van der Waals surface area contributed by atoms with Crippen molar-refractivity contribution < 1.29 is 173 Å². The zero-order chi connectivity index (χ0) is 4.50. The Morgan fingerprint density at radius 1 is 1.00 bits per heavy atom. The van der Waals surface area contributed by atoms with Crippen LogP contribution in [0, 0.1) is 0 Å². The molecule has 0 aromatic carbocycles. The van der Waals surface area contributed by atoms with Crippen molar-refractivity contribution in [3.8, 4) is 0 Å². The molecule has 0 atom stereocenters. The van der Waals surface area contributed by atoms with E-state index in [1.165, 1.54) is 0 Å². The molecular weight excluding hydrogens is 205 g/mol. The molecule has 0 bridgehead atoms. The molecule has 0 radical (unpaired) electrons. The number of hydrogen-bond acceptors (Lipinski definition) is 3. The number of rotatable bonds is 0. The molecule has 0 amide bonds. The third-order valence-corrected chi connectivity index (χ3v) is 0. The van der Waals surface area contributed by atoms with Gasteiger partial charge in [0.2, 0.25) is 0 Å². The molecule has 0 saturated heterocycles. The summed E-state index contributed by atoms with van der Waals surface area (Å²) in [6.45, 7) is 0.993. The van der Waals surface area contributed by atoms with E-state index in [9.17, 15) is 0 Å². The van der Waals surface area contributed by atoms with E-state index >= 15 is 0 Å². The first-order chi connectivity index (χ1) is 2.00. The Kier molecular flexibility index (Phi) is 34.7. The first-order valence-corrected chi connectivity index (χ1v) is 3.51. The minimum atomic E-state index is -3.61. The zero-order valence-electron chi connectivity index (χ0n) is 8.84. The van der Waals surface area contributed by atoms with E-state index in [1.54, 1.807) is 0 Å². The van der Waals surface area contributed by atoms with E-state index in [0.29, 0.717) is 0 Å². The van der Waals surface area contributed by atoms with Crippen LogP contribution in [0.2, 0.25) is 6.55 Å². The SMILES string of the molecule is C[Si](O)(O)O.[H-].[H-].[H-].[K+].[K+].[K+]. The van der Waals surface area contributed by atoms with Gasteiger partial charge in [0.05, 0.1) is 0 Å². The van der Waals surface area contributed by atoms with Crippen LogP contribution in [0.1, 0.15) is 4.28 Å². The van der Waals surface area contributed by atoms with Crippen LogP contribution >= 0.6 is 0 Å². The zero-order valence-corrected chi connectivity index (χ0v) is 16.2. The average Bonchev–Trinajstić information content (AvgIpc) is 0.722. The maximum absolute atomic E-state index is 7.77. The predicted octanol–water partition coefficient (Wildman–Crippen LogP) is -10.1. The van der Waals surface area contributed by atoms with Crippen molar-refractivity contribution in [1.29, 1.82) is 0 Å². The average molecular weight is 214 g/mol. The minimum Gasteiger partial charge on any atom is -1.00 e. The van der Waals surface area contributed by atoms with Gasteiger partial charge in [0, 0.05) is 6.55 Å². The Morgan fingerprint density at radius 2 is 1.00 bits per heavy atom. The summed E-state index contributed by atoms with van der Waals surface area (Å²) >= 11 is 0. The van der Waals surface area contributed by atoms with E-state index < -0.39 is 8.80 Å². The minimum absolute atomic E-state index is 0. The molecular formula is CH9K3O3Si. The van der Waals surface area contributed by atoms with Crippen molar-refractivity contribution in [3.05, 3.63) is 0 Å². The van der Waals surface area contributed by atoms with Gasteiger partial charge in [-0.1, -0.05) is 0 Å². The summed E-state index contributed by atoms with van der Waals surface area (Å²) in [5.74, 6) is 0. The summed E-state index contributed by atoms with van der Waals surface area (Å²) in [7, 11) is -3.61. The first kappa shape index (κ1) is 23.1. The summed E-state index contributed by atoms with van der Waals surface area (Å²) < 4.78 is 0. The summed E-state index contributed by atoms with van der Waals surface area (Å²) in [6.07, 6.45) is 0. The first-order valence-electron chi connectivity index (χ1n) is 1.17. The van der Waals surface area contributed by atoms with Crippen molar-refractivity contribution >= 4 is 8.80 Å². The molecule has 3 N–H and O–H groups in total.